The van der Waals surface area contributed by atoms with Crippen LogP contribution in [0.4, 0.5) is 0 Å². The molecule has 2 fully saturated rings. The highest BCUT2D eigenvalue weighted by atomic mass is 16.7. The summed E-state index contributed by atoms with van der Waals surface area (Å²) in [6.45, 7) is 2.26. The number of rotatable bonds is 3. The first-order valence-corrected chi connectivity index (χ1v) is 7.97. The van der Waals surface area contributed by atoms with Crippen molar-refractivity contribution in [1.29, 1.82) is 0 Å². The number of furan rings is 1. The number of benzene rings is 1. The summed E-state index contributed by atoms with van der Waals surface area (Å²) in [6.07, 6.45) is 3.82. The number of hydrogen-bond donors (Lipinski definition) is 0. The SMILES string of the molecule is c1ccc2oc(-c3cn(CC4CC5(C4)OCCO5)nn3)cc2c1. The molecule has 1 aliphatic carbocycles. The average molecular weight is 311 g/mol. The van der Waals surface area contributed by atoms with E-state index in [9.17, 15) is 0 Å². The van der Waals surface area contributed by atoms with Crippen LogP contribution in [0.2, 0.25) is 0 Å². The van der Waals surface area contributed by atoms with Crippen LogP contribution in [0.5, 0.6) is 0 Å². The summed E-state index contributed by atoms with van der Waals surface area (Å²) < 4.78 is 19.1. The molecule has 1 aliphatic heterocycles. The second-order valence-electron chi connectivity index (χ2n) is 6.36. The van der Waals surface area contributed by atoms with E-state index in [1.165, 1.54) is 0 Å². The second kappa shape index (κ2) is 4.91. The van der Waals surface area contributed by atoms with E-state index in [2.05, 4.69) is 10.3 Å². The highest BCUT2D eigenvalue weighted by molar-refractivity contribution is 5.81. The molecule has 0 atom stereocenters. The standard InChI is InChI=1S/C17H17N3O3/c1-2-4-15-13(3-1)7-16(23-15)14-11-20(19-18-14)10-12-8-17(9-12)21-5-6-22-17/h1-4,7,11-12H,5-6,8-10H2. The summed E-state index contributed by atoms with van der Waals surface area (Å²) >= 11 is 0. The van der Waals surface area contributed by atoms with Gasteiger partial charge in [-0.15, -0.1) is 5.10 Å². The van der Waals surface area contributed by atoms with E-state index in [0.29, 0.717) is 19.1 Å². The highest BCUT2D eigenvalue weighted by Gasteiger charge is 2.49. The van der Waals surface area contributed by atoms with Crippen molar-refractivity contribution in [1.82, 2.24) is 15.0 Å². The first-order chi connectivity index (χ1) is 11.3. The quantitative estimate of drug-likeness (QED) is 0.744. The van der Waals surface area contributed by atoms with Gasteiger partial charge in [-0.25, -0.2) is 0 Å². The van der Waals surface area contributed by atoms with Gasteiger partial charge in [-0.1, -0.05) is 23.4 Å². The predicted octanol–water partition coefficient (Wildman–Crippen LogP) is 2.84. The molecule has 1 spiro atoms. The van der Waals surface area contributed by atoms with Gasteiger partial charge in [-0.05, 0) is 18.1 Å². The highest BCUT2D eigenvalue weighted by Crippen LogP contribution is 2.44. The molecule has 6 heteroatoms. The van der Waals surface area contributed by atoms with Crippen LogP contribution in [-0.2, 0) is 16.0 Å². The smallest absolute Gasteiger partial charge is 0.169 e. The summed E-state index contributed by atoms with van der Waals surface area (Å²) in [5, 5.41) is 9.54. The van der Waals surface area contributed by atoms with Crippen LogP contribution >= 0.6 is 0 Å². The van der Waals surface area contributed by atoms with Crippen LogP contribution in [-0.4, -0.2) is 34.0 Å². The topological polar surface area (TPSA) is 62.3 Å². The Morgan fingerprint density at radius 3 is 2.83 bits per heavy atom. The Balaban J connectivity index is 1.31. The minimum absolute atomic E-state index is 0.299. The zero-order valence-corrected chi connectivity index (χ0v) is 12.6. The van der Waals surface area contributed by atoms with Gasteiger partial charge < -0.3 is 13.9 Å². The molecule has 2 aliphatic rings. The van der Waals surface area contributed by atoms with Crippen molar-refractivity contribution >= 4 is 11.0 Å². The van der Waals surface area contributed by atoms with E-state index < -0.39 is 0 Å². The number of para-hydroxylation sites is 1. The molecule has 6 nitrogen and oxygen atoms in total. The van der Waals surface area contributed by atoms with Crippen molar-refractivity contribution < 1.29 is 13.9 Å². The Bertz CT molecular complexity index is 807. The Kier molecular flexibility index (Phi) is 2.83. The van der Waals surface area contributed by atoms with E-state index in [-0.39, 0.29) is 5.79 Å². The van der Waals surface area contributed by atoms with Gasteiger partial charge in [0.15, 0.2) is 11.5 Å². The van der Waals surface area contributed by atoms with Crippen LogP contribution in [0, 0.1) is 5.92 Å². The fourth-order valence-electron chi connectivity index (χ4n) is 3.55. The molecule has 3 heterocycles. The lowest BCUT2D eigenvalue weighted by Gasteiger charge is -2.42. The van der Waals surface area contributed by atoms with E-state index >= 15 is 0 Å². The largest absolute Gasteiger partial charge is 0.454 e. The fourth-order valence-corrected chi connectivity index (χ4v) is 3.55. The molecule has 23 heavy (non-hydrogen) atoms. The molecule has 118 valence electrons. The third-order valence-corrected chi connectivity index (χ3v) is 4.67. The molecular formula is C17H17N3O3. The van der Waals surface area contributed by atoms with E-state index in [1.807, 2.05) is 41.2 Å². The minimum atomic E-state index is -0.299. The Morgan fingerprint density at radius 2 is 2.00 bits per heavy atom. The summed E-state index contributed by atoms with van der Waals surface area (Å²) in [5.74, 6) is 0.982. The van der Waals surface area contributed by atoms with Crippen molar-refractivity contribution in [3.8, 4) is 11.5 Å². The van der Waals surface area contributed by atoms with Gasteiger partial charge >= 0.3 is 0 Å². The van der Waals surface area contributed by atoms with Gasteiger partial charge in [0.25, 0.3) is 0 Å². The van der Waals surface area contributed by atoms with Crippen molar-refractivity contribution in [3.63, 3.8) is 0 Å². The monoisotopic (exact) mass is 311 g/mol. The van der Waals surface area contributed by atoms with E-state index in [1.54, 1.807) is 0 Å². The van der Waals surface area contributed by atoms with Gasteiger partial charge in [0.2, 0.25) is 0 Å². The first-order valence-electron chi connectivity index (χ1n) is 7.97. The van der Waals surface area contributed by atoms with E-state index in [4.69, 9.17) is 13.9 Å². The zero-order valence-electron chi connectivity index (χ0n) is 12.6. The average Bonchev–Trinajstić information content (AvgIpc) is 3.25. The van der Waals surface area contributed by atoms with Crippen molar-refractivity contribution in [2.24, 2.45) is 5.92 Å². The normalized spacial score (nSPS) is 20.3. The van der Waals surface area contributed by atoms with Crippen molar-refractivity contribution in [2.45, 2.75) is 25.2 Å². The number of ether oxygens (including phenoxy) is 2. The van der Waals surface area contributed by atoms with Crippen molar-refractivity contribution in [3.05, 3.63) is 36.5 Å². The summed E-state index contributed by atoms with van der Waals surface area (Å²) in [7, 11) is 0. The molecule has 0 unspecified atom stereocenters. The number of hydrogen-bond acceptors (Lipinski definition) is 5. The zero-order chi connectivity index (χ0) is 15.3. The second-order valence-corrected chi connectivity index (χ2v) is 6.36. The maximum atomic E-state index is 5.83. The lowest BCUT2D eigenvalue weighted by atomic mass is 9.79. The third-order valence-electron chi connectivity index (χ3n) is 4.67. The number of fused-ring (bicyclic) bond motifs is 1. The molecule has 2 aromatic heterocycles. The fraction of sp³-hybridized carbons (Fsp3) is 0.412. The first kappa shape index (κ1) is 13.3. The van der Waals surface area contributed by atoms with Gasteiger partial charge in [0.05, 0.1) is 19.4 Å². The van der Waals surface area contributed by atoms with Gasteiger partial charge in [-0.3, -0.25) is 4.68 Å². The van der Waals surface area contributed by atoms with Crippen LogP contribution in [0.15, 0.2) is 40.9 Å². The summed E-state index contributed by atoms with van der Waals surface area (Å²) in [4.78, 5) is 0. The molecule has 1 saturated heterocycles. The molecule has 5 rings (SSSR count). The maximum absolute atomic E-state index is 5.83. The molecule has 0 radical (unpaired) electrons. The predicted molar refractivity (Wildman–Crippen MR) is 82.6 cm³/mol. The lowest BCUT2D eigenvalue weighted by molar-refractivity contribution is -0.232. The van der Waals surface area contributed by atoms with E-state index in [0.717, 1.165) is 41.8 Å². The maximum Gasteiger partial charge on any atom is 0.169 e. The van der Waals surface area contributed by atoms with Gasteiger partial charge in [0.1, 0.15) is 11.3 Å². The lowest BCUT2D eigenvalue weighted by Crippen LogP contribution is -2.46. The van der Waals surface area contributed by atoms with Gasteiger partial charge in [-0.2, -0.15) is 0 Å². The molecule has 1 saturated carbocycles. The Labute approximate surface area is 133 Å². The molecule has 0 bridgehead atoms. The molecule has 1 aromatic carbocycles. The van der Waals surface area contributed by atoms with Crippen LogP contribution in [0.25, 0.3) is 22.4 Å². The minimum Gasteiger partial charge on any atom is -0.454 e. The van der Waals surface area contributed by atoms with Gasteiger partial charge in [0, 0.05) is 24.8 Å². The summed E-state index contributed by atoms with van der Waals surface area (Å²) in [6, 6.07) is 9.95. The molecule has 0 amide bonds. The van der Waals surface area contributed by atoms with Crippen molar-refractivity contribution in [2.75, 3.05) is 13.2 Å². The number of nitrogens with zero attached hydrogens (tertiary/aromatic N) is 3. The van der Waals surface area contributed by atoms with Crippen LogP contribution in [0.1, 0.15) is 12.8 Å². The van der Waals surface area contributed by atoms with Crippen LogP contribution < -0.4 is 0 Å². The third kappa shape index (κ3) is 2.26. The molecule has 3 aromatic rings. The number of aromatic nitrogens is 3. The Morgan fingerprint density at radius 1 is 1.17 bits per heavy atom. The van der Waals surface area contributed by atoms with Crippen LogP contribution in [0.3, 0.4) is 0 Å². The summed E-state index contributed by atoms with van der Waals surface area (Å²) in [5.41, 5.74) is 1.64. The molecular weight excluding hydrogens is 294 g/mol. The Hall–Kier alpha value is -2.18. The molecule has 0 N–H and O–H groups in total.